The van der Waals surface area contributed by atoms with E-state index in [1.807, 2.05) is 12.1 Å². The lowest BCUT2D eigenvalue weighted by Gasteiger charge is -2.12. The van der Waals surface area contributed by atoms with E-state index in [4.69, 9.17) is 4.74 Å². The molecule has 3 rings (SSSR count). The van der Waals surface area contributed by atoms with Gasteiger partial charge in [0.2, 0.25) is 0 Å². The highest BCUT2D eigenvalue weighted by Crippen LogP contribution is 2.38. The Kier molecular flexibility index (Phi) is 4.65. The van der Waals surface area contributed by atoms with Crippen molar-refractivity contribution in [3.05, 3.63) is 69.7 Å². The lowest BCUT2D eigenvalue weighted by molar-refractivity contribution is 0.307. The first-order valence-electron chi connectivity index (χ1n) is 7.51. The van der Waals surface area contributed by atoms with Gasteiger partial charge in [-0.3, -0.25) is 0 Å². The number of rotatable bonds is 3. The first-order chi connectivity index (χ1) is 10.6. The second-order valence-electron chi connectivity index (χ2n) is 5.80. The van der Waals surface area contributed by atoms with Crippen LogP contribution in [-0.2, 0) is 6.61 Å². The van der Waals surface area contributed by atoms with Gasteiger partial charge in [0, 0.05) is 16.6 Å². The van der Waals surface area contributed by atoms with Gasteiger partial charge < -0.3 is 9.64 Å². The normalized spacial score (nSPS) is 15.2. The van der Waals surface area contributed by atoms with E-state index in [0.29, 0.717) is 6.61 Å². The second kappa shape index (κ2) is 6.67. The van der Waals surface area contributed by atoms with Crippen molar-refractivity contribution in [1.82, 2.24) is 4.90 Å². The van der Waals surface area contributed by atoms with Gasteiger partial charge in [0.05, 0.1) is 0 Å². The van der Waals surface area contributed by atoms with Crippen LogP contribution < -0.4 is 4.74 Å². The van der Waals surface area contributed by atoms with E-state index in [0.717, 1.165) is 28.8 Å². The fraction of sp³-hybridized carbons (Fsp3) is 0.263. The number of hydrogen-bond acceptors (Lipinski definition) is 2. The monoisotopic (exact) mass is 357 g/mol. The van der Waals surface area contributed by atoms with Crippen LogP contribution in [-0.4, -0.2) is 25.5 Å². The molecule has 2 aromatic rings. The Morgan fingerprint density at radius 3 is 2.77 bits per heavy atom. The number of halogens is 1. The second-order valence-corrected chi connectivity index (χ2v) is 6.71. The summed E-state index contributed by atoms with van der Waals surface area (Å²) in [4.78, 5) is 2.21. The summed E-state index contributed by atoms with van der Waals surface area (Å²) in [7, 11) is 4.21. The Morgan fingerprint density at radius 1 is 1.14 bits per heavy atom. The lowest BCUT2D eigenvalue weighted by atomic mass is 9.93. The third-order valence-electron chi connectivity index (χ3n) is 3.85. The highest BCUT2D eigenvalue weighted by atomic mass is 79.9. The van der Waals surface area contributed by atoms with Crippen molar-refractivity contribution in [2.45, 2.75) is 13.0 Å². The standard InChI is InChI=1S/C19H20BrNO/c1-21(2)11-5-8-17-16-7-4-3-6-14(16)13-22-19-10-9-15(20)12-18(17)19/h3-4,6-10,12H,5,11,13H2,1-2H3/b17-8+. The smallest absolute Gasteiger partial charge is 0.127 e. The Bertz CT molecular complexity index is 706. The fourth-order valence-electron chi connectivity index (χ4n) is 2.74. The maximum Gasteiger partial charge on any atom is 0.127 e. The zero-order chi connectivity index (χ0) is 15.5. The zero-order valence-electron chi connectivity index (χ0n) is 13.0. The van der Waals surface area contributed by atoms with Crippen molar-refractivity contribution in [2.24, 2.45) is 0 Å². The van der Waals surface area contributed by atoms with E-state index >= 15 is 0 Å². The van der Waals surface area contributed by atoms with Crippen LogP contribution in [0.25, 0.3) is 5.57 Å². The summed E-state index contributed by atoms with van der Waals surface area (Å²) in [5.41, 5.74) is 4.95. The molecule has 0 saturated carbocycles. The molecule has 2 aromatic carbocycles. The third kappa shape index (κ3) is 3.26. The summed E-state index contributed by atoms with van der Waals surface area (Å²) in [5, 5.41) is 0. The number of ether oxygens (including phenoxy) is 1. The molecule has 3 heteroatoms. The Hall–Kier alpha value is -1.58. The van der Waals surface area contributed by atoms with E-state index in [1.165, 1.54) is 16.7 Å². The molecule has 0 N–H and O–H groups in total. The van der Waals surface area contributed by atoms with Crippen LogP contribution in [0.5, 0.6) is 5.75 Å². The first kappa shape index (κ1) is 15.3. The van der Waals surface area contributed by atoms with E-state index in [2.05, 4.69) is 71.3 Å². The fourth-order valence-corrected chi connectivity index (χ4v) is 3.10. The highest BCUT2D eigenvalue weighted by molar-refractivity contribution is 9.10. The predicted molar refractivity (Wildman–Crippen MR) is 95.2 cm³/mol. The molecule has 0 unspecified atom stereocenters. The van der Waals surface area contributed by atoms with Gasteiger partial charge in [0.1, 0.15) is 12.4 Å². The SMILES string of the molecule is CN(C)CC/C=C1\c2ccccc2COc2ccc(Br)cc21. The molecule has 1 aliphatic heterocycles. The highest BCUT2D eigenvalue weighted by Gasteiger charge is 2.18. The molecule has 0 saturated heterocycles. The van der Waals surface area contributed by atoms with Gasteiger partial charge in [-0.1, -0.05) is 46.3 Å². The third-order valence-corrected chi connectivity index (χ3v) is 4.34. The van der Waals surface area contributed by atoms with Crippen LogP contribution >= 0.6 is 15.9 Å². The van der Waals surface area contributed by atoms with E-state index in [-0.39, 0.29) is 0 Å². The molecule has 0 fully saturated rings. The van der Waals surface area contributed by atoms with Gasteiger partial charge in [0.25, 0.3) is 0 Å². The van der Waals surface area contributed by atoms with Gasteiger partial charge in [-0.25, -0.2) is 0 Å². The van der Waals surface area contributed by atoms with Crippen molar-refractivity contribution in [2.75, 3.05) is 20.6 Å². The minimum atomic E-state index is 0.621. The molecule has 114 valence electrons. The summed E-state index contributed by atoms with van der Waals surface area (Å²) in [6, 6.07) is 14.7. The molecule has 0 aromatic heterocycles. The summed E-state index contributed by atoms with van der Waals surface area (Å²) >= 11 is 3.58. The molecule has 0 atom stereocenters. The van der Waals surface area contributed by atoms with Crippen LogP contribution in [0.2, 0.25) is 0 Å². The van der Waals surface area contributed by atoms with E-state index in [9.17, 15) is 0 Å². The topological polar surface area (TPSA) is 12.5 Å². The Labute approximate surface area is 140 Å². The van der Waals surface area contributed by atoms with Crippen molar-refractivity contribution in [1.29, 1.82) is 0 Å². The minimum absolute atomic E-state index is 0.621. The average Bonchev–Trinajstić information content (AvgIpc) is 2.65. The Morgan fingerprint density at radius 2 is 1.95 bits per heavy atom. The lowest BCUT2D eigenvalue weighted by Crippen LogP contribution is -2.12. The minimum Gasteiger partial charge on any atom is -0.488 e. The largest absolute Gasteiger partial charge is 0.488 e. The van der Waals surface area contributed by atoms with Crippen molar-refractivity contribution in [3.8, 4) is 5.75 Å². The molecule has 0 spiro atoms. The van der Waals surface area contributed by atoms with Crippen LogP contribution in [0.4, 0.5) is 0 Å². The van der Waals surface area contributed by atoms with Crippen molar-refractivity contribution >= 4 is 21.5 Å². The quantitative estimate of drug-likeness (QED) is 0.787. The van der Waals surface area contributed by atoms with Crippen LogP contribution in [0.15, 0.2) is 53.0 Å². The number of hydrogen-bond donors (Lipinski definition) is 0. The van der Waals surface area contributed by atoms with Crippen molar-refractivity contribution < 1.29 is 4.74 Å². The summed E-state index contributed by atoms with van der Waals surface area (Å²) in [6.07, 6.45) is 3.35. The van der Waals surface area contributed by atoms with Crippen LogP contribution in [0, 0.1) is 0 Å². The summed E-state index contributed by atoms with van der Waals surface area (Å²) in [6.45, 7) is 1.66. The van der Waals surface area contributed by atoms with Gasteiger partial charge in [-0.15, -0.1) is 0 Å². The number of benzene rings is 2. The molecular formula is C19H20BrNO. The van der Waals surface area contributed by atoms with E-state index < -0.39 is 0 Å². The predicted octanol–water partition coefficient (Wildman–Crippen LogP) is 4.72. The molecule has 2 nitrogen and oxygen atoms in total. The molecule has 0 bridgehead atoms. The first-order valence-corrected chi connectivity index (χ1v) is 8.30. The van der Waals surface area contributed by atoms with Gasteiger partial charge in [-0.05, 0) is 55.4 Å². The summed E-state index contributed by atoms with van der Waals surface area (Å²) < 4.78 is 7.09. The van der Waals surface area contributed by atoms with E-state index in [1.54, 1.807) is 0 Å². The number of nitrogens with zero attached hydrogens (tertiary/aromatic N) is 1. The molecule has 0 radical (unpaired) electrons. The van der Waals surface area contributed by atoms with Gasteiger partial charge in [-0.2, -0.15) is 0 Å². The van der Waals surface area contributed by atoms with Crippen LogP contribution in [0.1, 0.15) is 23.1 Å². The Balaban J connectivity index is 2.10. The van der Waals surface area contributed by atoms with Gasteiger partial charge in [0.15, 0.2) is 0 Å². The van der Waals surface area contributed by atoms with Crippen molar-refractivity contribution in [3.63, 3.8) is 0 Å². The zero-order valence-corrected chi connectivity index (χ0v) is 14.6. The maximum atomic E-state index is 6.02. The maximum absolute atomic E-state index is 6.02. The molecule has 1 aliphatic rings. The summed E-state index contributed by atoms with van der Waals surface area (Å²) in [5.74, 6) is 0.954. The molecular weight excluding hydrogens is 338 g/mol. The molecule has 22 heavy (non-hydrogen) atoms. The number of fused-ring (bicyclic) bond motifs is 2. The molecule has 0 amide bonds. The molecule has 1 heterocycles. The average molecular weight is 358 g/mol. The van der Waals surface area contributed by atoms with Crippen LogP contribution in [0.3, 0.4) is 0 Å². The molecule has 0 aliphatic carbocycles. The van der Waals surface area contributed by atoms with Gasteiger partial charge >= 0.3 is 0 Å².